The first-order chi connectivity index (χ1) is 9.97. The number of halogens is 1. The van der Waals surface area contributed by atoms with Crippen LogP contribution in [0.2, 0.25) is 0 Å². The summed E-state index contributed by atoms with van der Waals surface area (Å²) in [5.41, 5.74) is 2.22. The number of rotatable bonds is 5. The predicted octanol–water partition coefficient (Wildman–Crippen LogP) is 3.02. The largest absolute Gasteiger partial charge is 0.391 e. The quantitative estimate of drug-likeness (QED) is 0.888. The fraction of sp³-hybridized carbons (Fsp3) is 0.375. The molecule has 0 spiro atoms. The van der Waals surface area contributed by atoms with Crippen LogP contribution in [0.5, 0.6) is 0 Å². The highest BCUT2D eigenvalue weighted by Crippen LogP contribution is 2.21. The summed E-state index contributed by atoms with van der Waals surface area (Å²) in [4.78, 5) is 0. The lowest BCUT2D eigenvalue weighted by molar-refractivity contribution is 0.138. The Morgan fingerprint density at radius 1 is 1.24 bits per heavy atom. The fourth-order valence-corrected chi connectivity index (χ4v) is 1.89. The van der Waals surface area contributed by atoms with Crippen molar-refractivity contribution in [3.8, 4) is 11.3 Å². The van der Waals surface area contributed by atoms with Gasteiger partial charge < -0.3 is 10.4 Å². The molecule has 0 amide bonds. The van der Waals surface area contributed by atoms with Crippen LogP contribution in [0.15, 0.2) is 30.3 Å². The van der Waals surface area contributed by atoms with Crippen LogP contribution < -0.4 is 5.32 Å². The van der Waals surface area contributed by atoms with E-state index in [0.717, 1.165) is 5.56 Å². The van der Waals surface area contributed by atoms with Gasteiger partial charge in [-0.25, -0.2) is 4.39 Å². The summed E-state index contributed by atoms with van der Waals surface area (Å²) in [5, 5.41) is 21.1. The molecular formula is C16H20FN3O. The van der Waals surface area contributed by atoms with Crippen LogP contribution in [0, 0.1) is 18.7 Å². The minimum absolute atomic E-state index is 0.178. The van der Waals surface area contributed by atoms with Gasteiger partial charge in [-0.3, -0.25) is 0 Å². The molecule has 0 aliphatic heterocycles. The number of nitrogens with zero attached hydrogens (tertiary/aromatic N) is 2. The molecule has 1 heterocycles. The molecule has 0 aliphatic carbocycles. The molecular weight excluding hydrogens is 269 g/mol. The Hall–Kier alpha value is -2.01. The van der Waals surface area contributed by atoms with E-state index in [-0.39, 0.29) is 11.7 Å². The zero-order valence-electron chi connectivity index (χ0n) is 12.5. The average molecular weight is 289 g/mol. The van der Waals surface area contributed by atoms with Crippen molar-refractivity contribution in [3.05, 3.63) is 41.7 Å². The molecule has 1 unspecified atom stereocenters. The topological polar surface area (TPSA) is 58.0 Å². The molecule has 0 fully saturated rings. The minimum atomic E-state index is -0.436. The Balaban J connectivity index is 2.14. The normalized spacial score (nSPS) is 12.5. The van der Waals surface area contributed by atoms with Gasteiger partial charge in [0.1, 0.15) is 5.82 Å². The minimum Gasteiger partial charge on any atom is -0.391 e. The summed E-state index contributed by atoms with van der Waals surface area (Å²) in [5.74, 6) is 0.515. The second kappa shape index (κ2) is 6.63. The summed E-state index contributed by atoms with van der Waals surface area (Å²) < 4.78 is 13.2. The predicted molar refractivity (Wildman–Crippen MR) is 81.5 cm³/mol. The van der Waals surface area contributed by atoms with Crippen molar-refractivity contribution in [1.29, 1.82) is 0 Å². The second-order valence-corrected chi connectivity index (χ2v) is 5.46. The molecule has 112 valence electrons. The molecule has 5 heteroatoms. The third kappa shape index (κ3) is 3.98. The molecule has 1 atom stereocenters. The van der Waals surface area contributed by atoms with Gasteiger partial charge in [-0.05, 0) is 36.6 Å². The van der Waals surface area contributed by atoms with E-state index in [2.05, 4.69) is 15.5 Å². The molecule has 0 saturated heterocycles. The van der Waals surface area contributed by atoms with E-state index in [4.69, 9.17) is 0 Å². The Morgan fingerprint density at radius 3 is 2.62 bits per heavy atom. The highest BCUT2D eigenvalue weighted by Gasteiger charge is 2.11. The van der Waals surface area contributed by atoms with E-state index in [1.54, 1.807) is 12.1 Å². The van der Waals surface area contributed by atoms with Gasteiger partial charge in [0.15, 0.2) is 5.82 Å². The van der Waals surface area contributed by atoms with Crippen LogP contribution in [-0.4, -0.2) is 28.0 Å². The van der Waals surface area contributed by atoms with Crippen LogP contribution in [-0.2, 0) is 0 Å². The zero-order valence-corrected chi connectivity index (χ0v) is 12.5. The highest BCUT2D eigenvalue weighted by atomic mass is 19.1. The highest BCUT2D eigenvalue weighted by molar-refractivity contribution is 5.61. The van der Waals surface area contributed by atoms with E-state index >= 15 is 0 Å². The number of nitrogens with one attached hydrogen (secondary N) is 1. The smallest absolute Gasteiger partial charge is 0.151 e. The zero-order chi connectivity index (χ0) is 15.4. The Morgan fingerprint density at radius 2 is 2.00 bits per heavy atom. The molecule has 0 bridgehead atoms. The maximum Gasteiger partial charge on any atom is 0.151 e. The first kappa shape index (κ1) is 15.4. The molecule has 0 radical (unpaired) electrons. The third-order valence-corrected chi connectivity index (χ3v) is 3.35. The summed E-state index contributed by atoms with van der Waals surface area (Å²) >= 11 is 0. The Labute approximate surface area is 124 Å². The van der Waals surface area contributed by atoms with Crippen molar-refractivity contribution in [3.63, 3.8) is 0 Å². The van der Waals surface area contributed by atoms with Gasteiger partial charge in [0.25, 0.3) is 0 Å². The van der Waals surface area contributed by atoms with Gasteiger partial charge in [-0.1, -0.05) is 26.0 Å². The summed E-state index contributed by atoms with van der Waals surface area (Å²) in [6.07, 6.45) is -0.436. The summed E-state index contributed by atoms with van der Waals surface area (Å²) in [6.45, 7) is 6.24. The molecule has 21 heavy (non-hydrogen) atoms. The van der Waals surface area contributed by atoms with Crippen molar-refractivity contribution in [1.82, 2.24) is 10.2 Å². The maximum absolute atomic E-state index is 13.2. The lowest BCUT2D eigenvalue weighted by atomic mass is 10.1. The second-order valence-electron chi connectivity index (χ2n) is 5.46. The number of hydrogen-bond acceptors (Lipinski definition) is 4. The number of aliphatic hydroxyl groups excluding tert-OH is 1. The van der Waals surface area contributed by atoms with E-state index in [1.807, 2.05) is 26.8 Å². The van der Waals surface area contributed by atoms with Crippen molar-refractivity contribution in [2.75, 3.05) is 11.9 Å². The lowest BCUT2D eigenvalue weighted by Gasteiger charge is -2.16. The van der Waals surface area contributed by atoms with Crippen LogP contribution in [0.25, 0.3) is 11.3 Å². The first-order valence-corrected chi connectivity index (χ1v) is 6.99. The van der Waals surface area contributed by atoms with Crippen molar-refractivity contribution in [2.45, 2.75) is 26.9 Å². The molecule has 4 nitrogen and oxygen atoms in total. The van der Waals surface area contributed by atoms with Crippen molar-refractivity contribution >= 4 is 5.82 Å². The van der Waals surface area contributed by atoms with Crippen LogP contribution in [0.4, 0.5) is 10.2 Å². The summed E-state index contributed by atoms with van der Waals surface area (Å²) in [7, 11) is 0. The van der Waals surface area contributed by atoms with E-state index in [0.29, 0.717) is 23.6 Å². The molecule has 0 saturated carbocycles. The molecule has 1 aromatic heterocycles. The first-order valence-electron chi connectivity index (χ1n) is 6.99. The summed E-state index contributed by atoms with van der Waals surface area (Å²) in [6, 6.07) is 8.12. The van der Waals surface area contributed by atoms with E-state index in [1.165, 1.54) is 12.1 Å². The maximum atomic E-state index is 13.2. The van der Waals surface area contributed by atoms with Crippen LogP contribution in [0.3, 0.4) is 0 Å². The van der Waals surface area contributed by atoms with E-state index < -0.39 is 6.10 Å². The number of aliphatic hydroxyl groups is 1. The number of aromatic nitrogens is 2. The van der Waals surface area contributed by atoms with Gasteiger partial charge in [0.05, 0.1) is 11.8 Å². The molecule has 1 aromatic carbocycles. The molecule has 0 aliphatic rings. The number of aryl methyl sites for hydroxylation is 1. The van der Waals surface area contributed by atoms with Gasteiger partial charge in [0.2, 0.25) is 0 Å². The monoisotopic (exact) mass is 289 g/mol. The lowest BCUT2D eigenvalue weighted by Crippen LogP contribution is -2.25. The third-order valence-electron chi connectivity index (χ3n) is 3.35. The molecule has 2 aromatic rings. The van der Waals surface area contributed by atoms with Gasteiger partial charge >= 0.3 is 0 Å². The SMILES string of the molecule is Cc1cc(-c2cccc(F)c2)nnc1NCC(O)C(C)C. The van der Waals surface area contributed by atoms with Crippen molar-refractivity contribution < 1.29 is 9.50 Å². The number of benzene rings is 1. The number of anilines is 1. The fourth-order valence-electron chi connectivity index (χ4n) is 1.89. The van der Waals surface area contributed by atoms with Gasteiger partial charge in [-0.15, -0.1) is 10.2 Å². The Bertz CT molecular complexity index is 616. The average Bonchev–Trinajstić information content (AvgIpc) is 2.45. The number of hydrogen-bond donors (Lipinski definition) is 2. The van der Waals surface area contributed by atoms with Crippen LogP contribution >= 0.6 is 0 Å². The van der Waals surface area contributed by atoms with Crippen LogP contribution in [0.1, 0.15) is 19.4 Å². The van der Waals surface area contributed by atoms with Gasteiger partial charge in [-0.2, -0.15) is 0 Å². The van der Waals surface area contributed by atoms with E-state index in [9.17, 15) is 9.50 Å². The van der Waals surface area contributed by atoms with Gasteiger partial charge in [0, 0.05) is 12.1 Å². The van der Waals surface area contributed by atoms with Crippen molar-refractivity contribution in [2.24, 2.45) is 5.92 Å². The molecule has 2 N–H and O–H groups in total. The Kier molecular flexibility index (Phi) is 4.85. The molecule has 2 rings (SSSR count). The standard InChI is InChI=1S/C16H20FN3O/c1-10(2)15(21)9-18-16-11(3)7-14(19-20-16)12-5-4-6-13(17)8-12/h4-8,10,15,21H,9H2,1-3H3,(H,18,20).